The number of alkyl halides is 3. The number of fused-ring (bicyclic) bond motifs is 1. The molecule has 2 atom stereocenters. The summed E-state index contributed by atoms with van der Waals surface area (Å²) >= 11 is 1.39. The van der Waals surface area contributed by atoms with Crippen LogP contribution in [-0.4, -0.2) is 51.5 Å². The van der Waals surface area contributed by atoms with Crippen molar-refractivity contribution in [3.63, 3.8) is 0 Å². The summed E-state index contributed by atoms with van der Waals surface area (Å²) in [6.45, 7) is 5.89. The molecule has 1 aromatic heterocycles. The summed E-state index contributed by atoms with van der Waals surface area (Å²) in [6.07, 6.45) is 1.25. The monoisotopic (exact) mass is 375 g/mol. The quantitative estimate of drug-likeness (QED) is 0.555. The van der Waals surface area contributed by atoms with Crippen LogP contribution in [0.25, 0.3) is 0 Å². The third kappa shape index (κ3) is 4.28. The van der Waals surface area contributed by atoms with Gasteiger partial charge < -0.3 is 4.74 Å². The van der Waals surface area contributed by atoms with Crippen LogP contribution in [-0.2, 0) is 10.9 Å². The molecule has 2 aliphatic heterocycles. The van der Waals surface area contributed by atoms with Crippen LogP contribution in [0.3, 0.4) is 0 Å². The first-order valence-corrected chi connectivity index (χ1v) is 9.69. The Morgan fingerprint density at radius 2 is 2.16 bits per heavy atom. The van der Waals surface area contributed by atoms with Crippen LogP contribution in [0.1, 0.15) is 45.2 Å². The molecule has 2 fully saturated rings. The SMILES string of the molecule is CC(C)OC[C@@]12CCCN1[C@H](CSc1cc(C(F)(F)F)ncn1)CC2. The maximum atomic E-state index is 12.8. The van der Waals surface area contributed by atoms with Crippen molar-refractivity contribution in [1.82, 2.24) is 14.9 Å². The molecule has 0 amide bonds. The first kappa shape index (κ1) is 18.9. The van der Waals surface area contributed by atoms with Crippen molar-refractivity contribution in [3.8, 4) is 0 Å². The molecule has 0 saturated carbocycles. The second-order valence-electron chi connectivity index (χ2n) is 7.12. The minimum absolute atomic E-state index is 0.123. The molecule has 0 radical (unpaired) electrons. The Bertz CT molecular complexity index is 599. The molecule has 4 nitrogen and oxygen atoms in total. The lowest BCUT2D eigenvalue weighted by atomic mass is 9.95. The highest BCUT2D eigenvalue weighted by molar-refractivity contribution is 7.99. The van der Waals surface area contributed by atoms with Gasteiger partial charge in [-0.2, -0.15) is 13.2 Å². The van der Waals surface area contributed by atoms with Gasteiger partial charge in [0.25, 0.3) is 0 Å². The largest absolute Gasteiger partial charge is 0.433 e. The average Bonchev–Trinajstić information content (AvgIpc) is 3.10. The number of aromatic nitrogens is 2. The van der Waals surface area contributed by atoms with Gasteiger partial charge in [-0.05, 0) is 46.1 Å². The summed E-state index contributed by atoms with van der Waals surface area (Å²) in [5, 5.41) is 0.387. The van der Waals surface area contributed by atoms with Gasteiger partial charge in [-0.1, -0.05) is 0 Å². The third-order valence-corrected chi connectivity index (χ3v) is 6.15. The average molecular weight is 375 g/mol. The van der Waals surface area contributed by atoms with Crippen molar-refractivity contribution in [3.05, 3.63) is 18.1 Å². The van der Waals surface area contributed by atoms with Crippen molar-refractivity contribution in [1.29, 1.82) is 0 Å². The number of hydrogen-bond acceptors (Lipinski definition) is 5. The molecule has 3 heterocycles. The van der Waals surface area contributed by atoms with E-state index in [1.54, 1.807) is 0 Å². The van der Waals surface area contributed by atoms with E-state index in [1.165, 1.54) is 11.8 Å². The minimum atomic E-state index is -4.43. The number of ether oxygens (including phenoxy) is 1. The number of thioether (sulfide) groups is 1. The van der Waals surface area contributed by atoms with E-state index >= 15 is 0 Å². The maximum absolute atomic E-state index is 12.8. The zero-order chi connectivity index (χ0) is 18.1. The van der Waals surface area contributed by atoms with Gasteiger partial charge in [0, 0.05) is 23.4 Å². The lowest BCUT2D eigenvalue weighted by Crippen LogP contribution is -2.46. The van der Waals surface area contributed by atoms with E-state index in [-0.39, 0.29) is 11.6 Å². The molecule has 0 N–H and O–H groups in total. The summed E-state index contributed by atoms with van der Waals surface area (Å²) in [4.78, 5) is 9.83. The summed E-state index contributed by atoms with van der Waals surface area (Å²) in [5.74, 6) is 0.748. The molecule has 3 rings (SSSR count). The highest BCUT2D eigenvalue weighted by Crippen LogP contribution is 2.44. The van der Waals surface area contributed by atoms with E-state index in [0.29, 0.717) is 11.1 Å². The van der Waals surface area contributed by atoms with Gasteiger partial charge in [-0.3, -0.25) is 4.90 Å². The van der Waals surface area contributed by atoms with Crippen molar-refractivity contribution < 1.29 is 17.9 Å². The molecule has 0 spiro atoms. The predicted molar refractivity (Wildman–Crippen MR) is 90.5 cm³/mol. The van der Waals surface area contributed by atoms with Gasteiger partial charge in [-0.25, -0.2) is 9.97 Å². The van der Waals surface area contributed by atoms with E-state index in [0.717, 1.165) is 57.0 Å². The molecule has 0 bridgehead atoms. The molecule has 8 heteroatoms. The highest BCUT2D eigenvalue weighted by atomic mass is 32.2. The standard InChI is InChI=1S/C17H24F3N3OS/c1-12(2)24-10-16-5-3-7-23(16)13(4-6-16)9-25-15-8-14(17(18,19)20)21-11-22-15/h8,11-13H,3-7,9-10H2,1-2H3/t13-,16-/m0/s1. The van der Waals surface area contributed by atoms with E-state index < -0.39 is 11.9 Å². The van der Waals surface area contributed by atoms with Crippen LogP contribution in [0, 0.1) is 0 Å². The molecular weight excluding hydrogens is 351 g/mol. The Morgan fingerprint density at radius 3 is 2.88 bits per heavy atom. The van der Waals surface area contributed by atoms with Gasteiger partial charge in [0.1, 0.15) is 17.0 Å². The zero-order valence-electron chi connectivity index (χ0n) is 14.6. The molecule has 0 unspecified atom stereocenters. The van der Waals surface area contributed by atoms with Crippen molar-refractivity contribution >= 4 is 11.8 Å². The van der Waals surface area contributed by atoms with Crippen LogP contribution >= 0.6 is 11.8 Å². The van der Waals surface area contributed by atoms with E-state index in [1.807, 2.05) is 13.8 Å². The summed E-state index contributed by atoms with van der Waals surface area (Å²) in [7, 11) is 0. The second-order valence-corrected chi connectivity index (χ2v) is 8.16. The van der Waals surface area contributed by atoms with Crippen molar-refractivity contribution in [2.45, 2.75) is 68.4 Å². The maximum Gasteiger partial charge on any atom is 0.433 e. The molecule has 25 heavy (non-hydrogen) atoms. The summed E-state index contributed by atoms with van der Waals surface area (Å²) < 4.78 is 44.2. The Hall–Kier alpha value is -0.860. The molecule has 1 aromatic rings. The summed E-state index contributed by atoms with van der Waals surface area (Å²) in [5.41, 5.74) is -0.754. The lowest BCUT2D eigenvalue weighted by Gasteiger charge is -2.35. The van der Waals surface area contributed by atoms with Crippen molar-refractivity contribution in [2.75, 3.05) is 18.9 Å². The molecular formula is C17H24F3N3OS. The Morgan fingerprint density at radius 1 is 1.36 bits per heavy atom. The fourth-order valence-electron chi connectivity index (χ4n) is 3.87. The predicted octanol–water partition coefficient (Wildman–Crippen LogP) is 4.01. The van der Waals surface area contributed by atoms with Crippen LogP contribution in [0.5, 0.6) is 0 Å². The Labute approximate surface area is 150 Å². The van der Waals surface area contributed by atoms with Crippen molar-refractivity contribution in [2.24, 2.45) is 0 Å². The fourth-order valence-corrected chi connectivity index (χ4v) is 4.89. The van der Waals surface area contributed by atoms with Crippen LogP contribution in [0.4, 0.5) is 13.2 Å². The van der Waals surface area contributed by atoms with Crippen LogP contribution in [0.2, 0.25) is 0 Å². The molecule has 0 aromatic carbocycles. The van der Waals surface area contributed by atoms with E-state index in [9.17, 15) is 13.2 Å². The number of nitrogens with zero attached hydrogens (tertiary/aromatic N) is 3. The molecule has 2 saturated heterocycles. The number of halogens is 3. The van der Waals surface area contributed by atoms with Gasteiger partial charge in [0.2, 0.25) is 0 Å². The fraction of sp³-hybridized carbons (Fsp3) is 0.765. The van der Waals surface area contributed by atoms with Gasteiger partial charge in [0.05, 0.1) is 12.7 Å². The zero-order valence-corrected chi connectivity index (χ0v) is 15.4. The smallest absolute Gasteiger partial charge is 0.377 e. The van der Waals surface area contributed by atoms with Crippen LogP contribution in [0.15, 0.2) is 17.4 Å². The lowest BCUT2D eigenvalue weighted by molar-refractivity contribution is -0.141. The first-order chi connectivity index (χ1) is 11.8. The first-order valence-electron chi connectivity index (χ1n) is 8.70. The topological polar surface area (TPSA) is 38.2 Å². The Kier molecular flexibility index (Phi) is 5.60. The summed E-state index contributed by atoms with van der Waals surface area (Å²) in [6, 6.07) is 1.41. The third-order valence-electron chi connectivity index (χ3n) is 5.08. The van der Waals surface area contributed by atoms with Gasteiger partial charge >= 0.3 is 6.18 Å². The van der Waals surface area contributed by atoms with Gasteiger partial charge in [0.15, 0.2) is 0 Å². The van der Waals surface area contributed by atoms with Crippen LogP contribution < -0.4 is 0 Å². The number of rotatable bonds is 6. The minimum Gasteiger partial charge on any atom is -0.377 e. The van der Waals surface area contributed by atoms with Gasteiger partial charge in [-0.15, -0.1) is 11.8 Å². The second kappa shape index (κ2) is 7.40. The highest BCUT2D eigenvalue weighted by Gasteiger charge is 2.49. The molecule has 140 valence electrons. The normalized spacial score (nSPS) is 27.2. The Balaban J connectivity index is 1.61. The van der Waals surface area contributed by atoms with E-state index in [2.05, 4.69) is 14.9 Å². The molecule has 0 aliphatic carbocycles. The van der Waals surface area contributed by atoms with E-state index in [4.69, 9.17) is 4.74 Å². The number of hydrogen-bond donors (Lipinski definition) is 0. The molecule has 2 aliphatic rings.